The Labute approximate surface area is 121 Å². The Morgan fingerprint density at radius 2 is 2.10 bits per heavy atom. The number of hydrogen-bond acceptors (Lipinski definition) is 3. The second-order valence-electron chi connectivity index (χ2n) is 5.12. The van der Waals surface area contributed by atoms with E-state index < -0.39 is 23.1 Å². The smallest absolute Gasteiger partial charge is 0.259 e. The van der Waals surface area contributed by atoms with Gasteiger partial charge in [-0.15, -0.1) is 0 Å². The summed E-state index contributed by atoms with van der Waals surface area (Å²) in [5.41, 5.74) is 4.47. The van der Waals surface area contributed by atoms with Crippen LogP contribution in [0.3, 0.4) is 0 Å². The fourth-order valence-electron chi connectivity index (χ4n) is 2.49. The number of nitrogen functional groups attached to an aromatic ring is 1. The molecule has 1 atom stereocenters. The van der Waals surface area contributed by atoms with Crippen molar-refractivity contribution in [2.45, 2.75) is 25.8 Å². The lowest BCUT2D eigenvalue weighted by Gasteiger charge is -2.33. The van der Waals surface area contributed by atoms with Gasteiger partial charge in [0.1, 0.15) is 11.4 Å². The molecule has 2 rings (SSSR count). The van der Waals surface area contributed by atoms with Crippen molar-refractivity contribution in [2.75, 3.05) is 18.8 Å². The molecule has 0 aromatic heterocycles. The Kier molecular flexibility index (Phi) is 4.40. The first-order valence-electron chi connectivity index (χ1n) is 6.70. The van der Waals surface area contributed by atoms with Gasteiger partial charge in [0.2, 0.25) is 5.91 Å². The Hall–Kier alpha value is -2.18. The molecule has 1 heterocycles. The molecule has 0 bridgehead atoms. The van der Waals surface area contributed by atoms with Crippen molar-refractivity contribution < 1.29 is 18.4 Å². The molecule has 1 aliphatic heterocycles. The largest absolute Gasteiger partial charge is 0.396 e. The summed E-state index contributed by atoms with van der Waals surface area (Å²) in [6.45, 7) is 2.01. The average molecular weight is 297 g/mol. The number of nitrogens with two attached hydrogens (primary N) is 1. The zero-order valence-electron chi connectivity index (χ0n) is 11.7. The number of benzene rings is 1. The molecule has 3 N–H and O–H groups in total. The molecular weight excluding hydrogens is 280 g/mol. The van der Waals surface area contributed by atoms with Crippen molar-refractivity contribution in [2.24, 2.45) is 0 Å². The van der Waals surface area contributed by atoms with Gasteiger partial charge in [0.25, 0.3) is 5.91 Å². The lowest BCUT2D eigenvalue weighted by atomic mass is 10.0. The van der Waals surface area contributed by atoms with Gasteiger partial charge in [0.15, 0.2) is 5.82 Å². The quantitative estimate of drug-likeness (QED) is 0.808. The number of amides is 2. The molecule has 114 valence electrons. The Bertz CT molecular complexity index is 578. The van der Waals surface area contributed by atoms with Crippen LogP contribution < -0.4 is 11.1 Å². The van der Waals surface area contributed by atoms with Crippen LogP contribution in [0.2, 0.25) is 0 Å². The van der Waals surface area contributed by atoms with E-state index in [2.05, 4.69) is 5.32 Å². The molecule has 0 aliphatic carbocycles. The number of anilines is 1. The first kappa shape index (κ1) is 15.2. The number of carbonyl (C=O) groups is 2. The molecule has 1 aliphatic rings. The molecule has 1 aromatic rings. The SMILES string of the molecule is CC(=O)NC1CCCN(C(=O)c2c(F)ccc(N)c2F)C1. The number of nitrogens with one attached hydrogen (secondary N) is 1. The molecule has 7 heteroatoms. The first-order valence-corrected chi connectivity index (χ1v) is 6.70. The third-order valence-corrected chi connectivity index (χ3v) is 3.45. The lowest BCUT2D eigenvalue weighted by molar-refractivity contribution is -0.120. The van der Waals surface area contributed by atoms with Crippen LogP contribution in [0, 0.1) is 11.6 Å². The van der Waals surface area contributed by atoms with Crippen LogP contribution in [-0.2, 0) is 4.79 Å². The summed E-state index contributed by atoms with van der Waals surface area (Å²) < 4.78 is 27.6. The summed E-state index contributed by atoms with van der Waals surface area (Å²) in [4.78, 5) is 24.7. The van der Waals surface area contributed by atoms with Gasteiger partial charge in [-0.05, 0) is 25.0 Å². The van der Waals surface area contributed by atoms with Crippen LogP contribution in [0.4, 0.5) is 14.5 Å². The van der Waals surface area contributed by atoms with Gasteiger partial charge >= 0.3 is 0 Å². The van der Waals surface area contributed by atoms with E-state index in [1.807, 2.05) is 0 Å². The maximum absolute atomic E-state index is 13.9. The van der Waals surface area contributed by atoms with E-state index in [-0.39, 0.29) is 24.2 Å². The minimum atomic E-state index is -1.04. The second kappa shape index (κ2) is 6.07. The van der Waals surface area contributed by atoms with Crippen molar-refractivity contribution in [3.05, 3.63) is 29.3 Å². The predicted molar refractivity (Wildman–Crippen MR) is 73.5 cm³/mol. The van der Waals surface area contributed by atoms with E-state index in [9.17, 15) is 18.4 Å². The number of halogens is 2. The fourth-order valence-corrected chi connectivity index (χ4v) is 2.49. The normalized spacial score (nSPS) is 18.4. The number of likely N-dealkylation sites (tertiary alicyclic amines) is 1. The maximum Gasteiger partial charge on any atom is 0.259 e. The van der Waals surface area contributed by atoms with Crippen LogP contribution >= 0.6 is 0 Å². The van der Waals surface area contributed by atoms with Crippen LogP contribution in [-0.4, -0.2) is 35.8 Å². The van der Waals surface area contributed by atoms with Gasteiger partial charge in [0, 0.05) is 26.1 Å². The average Bonchev–Trinajstić information content (AvgIpc) is 2.43. The molecule has 1 unspecified atom stereocenters. The summed E-state index contributed by atoms with van der Waals surface area (Å²) in [5, 5.41) is 2.71. The maximum atomic E-state index is 13.9. The zero-order chi connectivity index (χ0) is 15.6. The number of hydrogen-bond donors (Lipinski definition) is 2. The van der Waals surface area contributed by atoms with Crippen molar-refractivity contribution in [1.29, 1.82) is 0 Å². The van der Waals surface area contributed by atoms with Gasteiger partial charge in [0.05, 0.1) is 5.69 Å². The zero-order valence-corrected chi connectivity index (χ0v) is 11.7. The number of piperidine rings is 1. The van der Waals surface area contributed by atoms with Crippen molar-refractivity contribution in [3.8, 4) is 0 Å². The van der Waals surface area contributed by atoms with E-state index in [0.29, 0.717) is 13.0 Å². The van der Waals surface area contributed by atoms with Gasteiger partial charge < -0.3 is 16.0 Å². The van der Waals surface area contributed by atoms with E-state index in [0.717, 1.165) is 18.6 Å². The molecule has 0 radical (unpaired) electrons. The van der Waals surface area contributed by atoms with Crippen LogP contribution in [0.1, 0.15) is 30.1 Å². The molecule has 5 nitrogen and oxygen atoms in total. The van der Waals surface area contributed by atoms with Crippen molar-refractivity contribution in [3.63, 3.8) is 0 Å². The van der Waals surface area contributed by atoms with Gasteiger partial charge in [-0.3, -0.25) is 9.59 Å². The third-order valence-electron chi connectivity index (χ3n) is 3.45. The second-order valence-corrected chi connectivity index (χ2v) is 5.12. The molecule has 0 spiro atoms. The summed E-state index contributed by atoms with van der Waals surface area (Å²) in [7, 11) is 0. The summed E-state index contributed by atoms with van der Waals surface area (Å²) in [5.74, 6) is -2.92. The first-order chi connectivity index (χ1) is 9.90. The van der Waals surface area contributed by atoms with Gasteiger partial charge in [-0.2, -0.15) is 0 Å². The molecular formula is C14H17F2N3O2. The molecule has 1 saturated heterocycles. The lowest BCUT2D eigenvalue weighted by Crippen LogP contribution is -2.49. The molecule has 1 fully saturated rings. The minimum Gasteiger partial charge on any atom is -0.396 e. The summed E-state index contributed by atoms with van der Waals surface area (Å²) >= 11 is 0. The van der Waals surface area contributed by atoms with E-state index >= 15 is 0 Å². The van der Waals surface area contributed by atoms with Crippen LogP contribution in [0.15, 0.2) is 12.1 Å². The molecule has 21 heavy (non-hydrogen) atoms. The highest BCUT2D eigenvalue weighted by Gasteiger charge is 2.29. The summed E-state index contributed by atoms with van der Waals surface area (Å²) in [6, 6.07) is 1.85. The Morgan fingerprint density at radius 1 is 1.38 bits per heavy atom. The van der Waals surface area contributed by atoms with Crippen molar-refractivity contribution in [1.82, 2.24) is 10.2 Å². The van der Waals surface area contributed by atoms with Crippen molar-refractivity contribution >= 4 is 17.5 Å². The highest BCUT2D eigenvalue weighted by molar-refractivity contribution is 5.95. The van der Waals surface area contributed by atoms with Gasteiger partial charge in [-0.25, -0.2) is 8.78 Å². The number of carbonyl (C=O) groups excluding carboxylic acids is 2. The van der Waals surface area contributed by atoms with Gasteiger partial charge in [-0.1, -0.05) is 0 Å². The fraction of sp³-hybridized carbons (Fsp3) is 0.429. The molecule has 2 amide bonds. The van der Waals surface area contributed by atoms with Crippen LogP contribution in [0.25, 0.3) is 0 Å². The summed E-state index contributed by atoms with van der Waals surface area (Å²) in [6.07, 6.45) is 1.38. The number of rotatable bonds is 2. The highest BCUT2D eigenvalue weighted by atomic mass is 19.1. The third kappa shape index (κ3) is 3.29. The van der Waals surface area contributed by atoms with Crippen LogP contribution in [0.5, 0.6) is 0 Å². The number of nitrogens with zero attached hydrogens (tertiary/aromatic N) is 1. The Morgan fingerprint density at radius 3 is 2.76 bits per heavy atom. The van der Waals surface area contributed by atoms with E-state index in [1.165, 1.54) is 11.8 Å². The minimum absolute atomic E-state index is 0.199. The monoisotopic (exact) mass is 297 g/mol. The van der Waals surface area contributed by atoms with E-state index in [4.69, 9.17) is 5.73 Å². The molecule has 0 saturated carbocycles. The standard InChI is InChI=1S/C14H17F2N3O2/c1-8(20)18-9-3-2-6-19(7-9)14(21)12-10(15)4-5-11(17)13(12)16/h4-5,9H,2-3,6-7,17H2,1H3,(H,18,20). The topological polar surface area (TPSA) is 75.4 Å². The highest BCUT2D eigenvalue weighted by Crippen LogP contribution is 2.22. The predicted octanol–water partition coefficient (Wildman–Crippen LogP) is 1.29. The Balaban J connectivity index is 2.20. The molecule has 1 aromatic carbocycles. The van der Waals surface area contributed by atoms with E-state index in [1.54, 1.807) is 0 Å².